The molecule has 30 heavy (non-hydrogen) atoms. The Morgan fingerprint density at radius 2 is 1.67 bits per heavy atom. The van der Waals surface area contributed by atoms with Gasteiger partial charge < -0.3 is 24.6 Å². The van der Waals surface area contributed by atoms with Gasteiger partial charge in [-0.2, -0.15) is 0 Å². The Morgan fingerprint density at radius 3 is 2.27 bits per heavy atom. The first-order chi connectivity index (χ1) is 14.4. The Morgan fingerprint density at radius 1 is 1.03 bits per heavy atom. The number of carbonyl (C=O) groups excluding carboxylic acids is 3. The lowest BCUT2D eigenvalue weighted by Gasteiger charge is -2.34. The molecule has 1 saturated heterocycles. The van der Waals surface area contributed by atoms with Crippen LogP contribution in [0.1, 0.15) is 44.0 Å². The lowest BCUT2D eigenvalue weighted by Crippen LogP contribution is -2.52. The van der Waals surface area contributed by atoms with Gasteiger partial charge in [0, 0.05) is 31.7 Å². The summed E-state index contributed by atoms with van der Waals surface area (Å²) in [6.07, 6.45) is 1.70. The Hall–Kier alpha value is -2.77. The molecular formula is C22H33N3O5. The van der Waals surface area contributed by atoms with Crippen LogP contribution in [0.25, 0.3) is 0 Å². The maximum Gasteiger partial charge on any atom is 0.409 e. The fourth-order valence-electron chi connectivity index (χ4n) is 2.87. The third-order valence-electron chi connectivity index (χ3n) is 4.71. The summed E-state index contributed by atoms with van der Waals surface area (Å²) in [7, 11) is 0. The van der Waals surface area contributed by atoms with Crippen molar-refractivity contribution in [3.8, 4) is 5.75 Å². The van der Waals surface area contributed by atoms with Crippen LogP contribution in [0.4, 0.5) is 4.79 Å². The SMILES string of the molecule is CCCCOc1ccc(C(=O)NCC(=O)N2CCN(C(=O)OCC(C)C)CC2)cc1. The first kappa shape index (κ1) is 23.5. The Labute approximate surface area is 178 Å². The maximum atomic E-state index is 12.4. The molecule has 1 heterocycles. The summed E-state index contributed by atoms with van der Waals surface area (Å²) >= 11 is 0. The van der Waals surface area contributed by atoms with Gasteiger partial charge in [-0.25, -0.2) is 4.79 Å². The van der Waals surface area contributed by atoms with Gasteiger partial charge in [0.15, 0.2) is 0 Å². The van der Waals surface area contributed by atoms with E-state index in [0.717, 1.165) is 18.6 Å². The van der Waals surface area contributed by atoms with Crippen LogP contribution in [-0.2, 0) is 9.53 Å². The van der Waals surface area contributed by atoms with Crippen LogP contribution in [-0.4, -0.2) is 73.6 Å². The number of nitrogens with zero attached hydrogens (tertiary/aromatic N) is 2. The number of nitrogens with one attached hydrogen (secondary N) is 1. The molecule has 1 aliphatic heterocycles. The van der Waals surface area contributed by atoms with Crippen molar-refractivity contribution in [3.05, 3.63) is 29.8 Å². The molecule has 8 heteroatoms. The summed E-state index contributed by atoms with van der Waals surface area (Å²) < 4.78 is 10.8. The molecule has 166 valence electrons. The zero-order valence-corrected chi connectivity index (χ0v) is 18.2. The summed E-state index contributed by atoms with van der Waals surface area (Å²) in [5.41, 5.74) is 0.475. The van der Waals surface area contributed by atoms with Gasteiger partial charge in [-0.3, -0.25) is 9.59 Å². The van der Waals surface area contributed by atoms with Crippen molar-refractivity contribution >= 4 is 17.9 Å². The molecule has 1 aromatic rings. The number of piperazine rings is 1. The monoisotopic (exact) mass is 419 g/mol. The predicted molar refractivity (Wildman–Crippen MR) is 114 cm³/mol. The number of carbonyl (C=O) groups is 3. The number of unbranched alkanes of at least 4 members (excludes halogenated alkanes) is 1. The van der Waals surface area contributed by atoms with E-state index in [1.807, 2.05) is 13.8 Å². The number of rotatable bonds is 9. The average Bonchev–Trinajstić information content (AvgIpc) is 2.76. The van der Waals surface area contributed by atoms with E-state index in [2.05, 4.69) is 12.2 Å². The third-order valence-corrected chi connectivity index (χ3v) is 4.71. The Bertz CT molecular complexity index is 697. The van der Waals surface area contributed by atoms with Gasteiger partial charge in [-0.05, 0) is 36.6 Å². The van der Waals surface area contributed by atoms with Crippen molar-refractivity contribution in [1.29, 1.82) is 0 Å². The van der Waals surface area contributed by atoms with Gasteiger partial charge in [-0.15, -0.1) is 0 Å². The fraction of sp³-hybridized carbons (Fsp3) is 0.591. The Kier molecular flexibility index (Phi) is 9.44. The van der Waals surface area contributed by atoms with Crippen molar-refractivity contribution in [2.24, 2.45) is 5.92 Å². The van der Waals surface area contributed by atoms with E-state index in [-0.39, 0.29) is 30.4 Å². The number of hydrogen-bond donors (Lipinski definition) is 1. The van der Waals surface area contributed by atoms with Gasteiger partial charge >= 0.3 is 6.09 Å². The lowest BCUT2D eigenvalue weighted by molar-refractivity contribution is -0.131. The zero-order valence-electron chi connectivity index (χ0n) is 18.2. The van der Waals surface area contributed by atoms with E-state index in [1.54, 1.807) is 34.1 Å². The first-order valence-corrected chi connectivity index (χ1v) is 10.6. The first-order valence-electron chi connectivity index (χ1n) is 10.6. The number of hydrogen-bond acceptors (Lipinski definition) is 5. The van der Waals surface area contributed by atoms with Gasteiger partial charge in [0.2, 0.25) is 5.91 Å². The summed E-state index contributed by atoms with van der Waals surface area (Å²) in [6.45, 7) is 8.72. The molecule has 1 fully saturated rings. The van der Waals surface area contributed by atoms with Gasteiger partial charge in [0.25, 0.3) is 5.91 Å². The van der Waals surface area contributed by atoms with Crippen LogP contribution >= 0.6 is 0 Å². The third kappa shape index (κ3) is 7.57. The largest absolute Gasteiger partial charge is 0.494 e. The minimum Gasteiger partial charge on any atom is -0.494 e. The molecule has 0 saturated carbocycles. The summed E-state index contributed by atoms with van der Waals surface area (Å²) in [6, 6.07) is 6.87. The van der Waals surface area contributed by atoms with Crippen molar-refractivity contribution in [1.82, 2.24) is 15.1 Å². The molecule has 1 N–H and O–H groups in total. The molecule has 8 nitrogen and oxygen atoms in total. The highest BCUT2D eigenvalue weighted by molar-refractivity contribution is 5.96. The molecule has 3 amide bonds. The zero-order chi connectivity index (χ0) is 21.9. The fourth-order valence-corrected chi connectivity index (χ4v) is 2.87. The number of amides is 3. The summed E-state index contributed by atoms with van der Waals surface area (Å²) in [4.78, 5) is 39.9. The molecule has 1 aromatic carbocycles. The second-order valence-electron chi connectivity index (χ2n) is 7.75. The highest BCUT2D eigenvalue weighted by Crippen LogP contribution is 2.13. The standard InChI is InChI=1S/C22H33N3O5/c1-4-5-14-29-19-8-6-18(7-9-19)21(27)23-15-20(26)24-10-12-25(13-11-24)22(28)30-16-17(2)3/h6-9,17H,4-5,10-16H2,1-3H3,(H,23,27). The minimum atomic E-state index is -0.341. The molecule has 0 atom stereocenters. The lowest BCUT2D eigenvalue weighted by atomic mass is 10.2. The molecule has 0 aliphatic carbocycles. The van der Waals surface area contributed by atoms with Gasteiger partial charge in [0.1, 0.15) is 5.75 Å². The molecule has 2 rings (SSSR count). The maximum absolute atomic E-state index is 12.4. The van der Waals surface area contributed by atoms with Crippen LogP contribution in [0.3, 0.4) is 0 Å². The summed E-state index contributed by atoms with van der Waals surface area (Å²) in [5.74, 6) is 0.531. The quantitative estimate of drug-likeness (QED) is 0.622. The summed E-state index contributed by atoms with van der Waals surface area (Å²) in [5, 5.41) is 2.66. The highest BCUT2D eigenvalue weighted by Gasteiger charge is 2.25. The second-order valence-corrected chi connectivity index (χ2v) is 7.75. The second kappa shape index (κ2) is 12.0. The van der Waals surface area contributed by atoms with E-state index in [4.69, 9.17) is 9.47 Å². The van der Waals surface area contributed by atoms with Crippen molar-refractivity contribution in [2.45, 2.75) is 33.6 Å². The molecule has 0 radical (unpaired) electrons. The molecular weight excluding hydrogens is 386 g/mol. The molecule has 0 aromatic heterocycles. The van der Waals surface area contributed by atoms with Crippen molar-refractivity contribution in [3.63, 3.8) is 0 Å². The van der Waals surface area contributed by atoms with Crippen molar-refractivity contribution < 1.29 is 23.9 Å². The topological polar surface area (TPSA) is 88.2 Å². The van der Waals surface area contributed by atoms with E-state index >= 15 is 0 Å². The minimum absolute atomic E-state index is 0.0780. The molecule has 0 spiro atoms. The molecule has 1 aliphatic rings. The normalized spacial score (nSPS) is 13.9. The average molecular weight is 420 g/mol. The van der Waals surface area contributed by atoms with Gasteiger partial charge in [-0.1, -0.05) is 27.2 Å². The Balaban J connectivity index is 1.71. The van der Waals surface area contributed by atoms with Crippen LogP contribution in [0.15, 0.2) is 24.3 Å². The molecule has 0 bridgehead atoms. The van der Waals surface area contributed by atoms with Crippen LogP contribution < -0.4 is 10.1 Å². The van der Waals surface area contributed by atoms with E-state index < -0.39 is 0 Å². The van der Waals surface area contributed by atoms with Crippen molar-refractivity contribution in [2.75, 3.05) is 45.9 Å². The van der Waals surface area contributed by atoms with E-state index in [1.165, 1.54) is 0 Å². The van der Waals surface area contributed by atoms with Crippen LogP contribution in [0, 0.1) is 5.92 Å². The highest BCUT2D eigenvalue weighted by atomic mass is 16.6. The van der Waals surface area contributed by atoms with E-state index in [0.29, 0.717) is 45.0 Å². The van der Waals surface area contributed by atoms with Crippen LogP contribution in [0.5, 0.6) is 5.75 Å². The van der Waals surface area contributed by atoms with Crippen LogP contribution in [0.2, 0.25) is 0 Å². The van der Waals surface area contributed by atoms with E-state index in [9.17, 15) is 14.4 Å². The molecule has 0 unspecified atom stereocenters. The van der Waals surface area contributed by atoms with Gasteiger partial charge in [0.05, 0.1) is 19.8 Å². The number of ether oxygens (including phenoxy) is 2. The number of benzene rings is 1. The predicted octanol–water partition coefficient (Wildman–Crippen LogP) is 2.53. The smallest absolute Gasteiger partial charge is 0.409 e.